The molecule has 1 aliphatic rings. The highest BCUT2D eigenvalue weighted by molar-refractivity contribution is 5.76. The molecule has 112 valence electrons. The predicted octanol–water partition coefficient (Wildman–Crippen LogP) is 1.55. The van der Waals surface area contributed by atoms with Crippen molar-refractivity contribution >= 4 is 5.91 Å². The van der Waals surface area contributed by atoms with Crippen LogP contribution in [0, 0.1) is 11.8 Å². The van der Waals surface area contributed by atoms with Crippen LogP contribution in [0.25, 0.3) is 0 Å². The molecule has 2 N–H and O–H groups in total. The molecule has 1 fully saturated rings. The van der Waals surface area contributed by atoms with Crippen LogP contribution in [-0.4, -0.2) is 55.0 Å². The number of hydrogen-bond acceptors (Lipinski definition) is 3. The largest absolute Gasteiger partial charge is 0.340 e. The average Bonchev–Trinajstić information content (AvgIpc) is 2.38. The van der Waals surface area contributed by atoms with Gasteiger partial charge in [-0.05, 0) is 37.8 Å². The van der Waals surface area contributed by atoms with E-state index in [0.717, 1.165) is 39.1 Å². The average molecular weight is 269 g/mol. The smallest absolute Gasteiger partial charge is 0.222 e. The van der Waals surface area contributed by atoms with Crippen molar-refractivity contribution in [1.29, 1.82) is 0 Å². The van der Waals surface area contributed by atoms with E-state index >= 15 is 0 Å². The highest BCUT2D eigenvalue weighted by Crippen LogP contribution is 2.16. The maximum absolute atomic E-state index is 12.3. The first kappa shape index (κ1) is 16.4. The monoisotopic (exact) mass is 269 g/mol. The first-order valence-electron chi connectivity index (χ1n) is 7.77. The molecule has 0 aliphatic carbocycles. The number of piperazine rings is 1. The lowest BCUT2D eigenvalue weighted by atomic mass is 9.93. The van der Waals surface area contributed by atoms with Gasteiger partial charge in [0.2, 0.25) is 5.91 Å². The van der Waals surface area contributed by atoms with Gasteiger partial charge in [-0.2, -0.15) is 0 Å². The zero-order chi connectivity index (χ0) is 14.3. The van der Waals surface area contributed by atoms with Crippen LogP contribution in [0.15, 0.2) is 0 Å². The van der Waals surface area contributed by atoms with E-state index in [4.69, 9.17) is 5.73 Å². The minimum absolute atomic E-state index is 0.298. The molecule has 1 unspecified atom stereocenters. The molecule has 0 spiro atoms. The quantitative estimate of drug-likeness (QED) is 0.763. The van der Waals surface area contributed by atoms with Crippen LogP contribution < -0.4 is 5.73 Å². The third-order valence-corrected chi connectivity index (χ3v) is 3.87. The van der Waals surface area contributed by atoms with Crippen molar-refractivity contribution in [2.75, 3.05) is 39.3 Å². The van der Waals surface area contributed by atoms with E-state index < -0.39 is 0 Å². The molecule has 1 saturated heterocycles. The predicted molar refractivity (Wildman–Crippen MR) is 79.9 cm³/mol. The van der Waals surface area contributed by atoms with Crippen molar-refractivity contribution in [3.05, 3.63) is 0 Å². The molecule has 0 saturated carbocycles. The molecule has 19 heavy (non-hydrogen) atoms. The normalized spacial score (nSPS) is 18.9. The molecular weight excluding hydrogens is 238 g/mol. The summed E-state index contributed by atoms with van der Waals surface area (Å²) in [5.41, 5.74) is 5.78. The van der Waals surface area contributed by atoms with E-state index in [9.17, 15) is 4.79 Å². The third kappa shape index (κ3) is 5.91. The van der Waals surface area contributed by atoms with Crippen molar-refractivity contribution in [2.24, 2.45) is 17.6 Å². The summed E-state index contributed by atoms with van der Waals surface area (Å²) in [7, 11) is 0. The summed E-state index contributed by atoms with van der Waals surface area (Å²) >= 11 is 0. The van der Waals surface area contributed by atoms with Crippen molar-refractivity contribution in [2.45, 2.75) is 40.0 Å². The van der Waals surface area contributed by atoms with Crippen molar-refractivity contribution < 1.29 is 4.79 Å². The van der Waals surface area contributed by atoms with Crippen LogP contribution in [0.2, 0.25) is 0 Å². The van der Waals surface area contributed by atoms with Crippen molar-refractivity contribution in [3.8, 4) is 0 Å². The Kier molecular flexibility index (Phi) is 7.39. The molecule has 0 bridgehead atoms. The Bertz CT molecular complexity index is 260. The van der Waals surface area contributed by atoms with E-state index in [1.165, 1.54) is 6.42 Å². The number of amides is 1. The van der Waals surface area contributed by atoms with Gasteiger partial charge in [-0.15, -0.1) is 0 Å². The fraction of sp³-hybridized carbons (Fsp3) is 0.933. The molecule has 1 atom stereocenters. The summed E-state index contributed by atoms with van der Waals surface area (Å²) in [6.07, 6.45) is 2.87. The number of nitrogens with two attached hydrogens (primary N) is 1. The molecule has 1 heterocycles. The number of hydrogen-bond donors (Lipinski definition) is 1. The number of carbonyl (C=O) groups excluding carboxylic acids is 1. The topological polar surface area (TPSA) is 49.6 Å². The third-order valence-electron chi connectivity index (χ3n) is 3.87. The van der Waals surface area contributed by atoms with Gasteiger partial charge in [-0.1, -0.05) is 20.8 Å². The van der Waals surface area contributed by atoms with Gasteiger partial charge in [0.15, 0.2) is 0 Å². The number of rotatable bonds is 7. The summed E-state index contributed by atoms with van der Waals surface area (Å²) in [4.78, 5) is 16.7. The Morgan fingerprint density at radius 3 is 2.32 bits per heavy atom. The summed E-state index contributed by atoms with van der Waals surface area (Å²) in [6, 6.07) is 0. The SMILES string of the molecule is CCCN1CCN(C(=O)CC(CN)CC(C)C)CC1. The molecule has 1 amide bonds. The van der Waals surface area contributed by atoms with Crippen LogP contribution in [0.5, 0.6) is 0 Å². The zero-order valence-electron chi connectivity index (χ0n) is 12.9. The van der Waals surface area contributed by atoms with E-state index in [1.807, 2.05) is 4.90 Å². The van der Waals surface area contributed by atoms with E-state index in [0.29, 0.717) is 30.7 Å². The number of nitrogens with zero attached hydrogens (tertiary/aromatic N) is 2. The molecule has 0 aromatic heterocycles. The Balaban J connectivity index is 2.33. The molecule has 0 aromatic carbocycles. The lowest BCUT2D eigenvalue weighted by Gasteiger charge is -2.35. The Morgan fingerprint density at radius 2 is 1.84 bits per heavy atom. The van der Waals surface area contributed by atoms with E-state index in [2.05, 4.69) is 25.7 Å². The second-order valence-electron chi connectivity index (χ2n) is 6.16. The number of carbonyl (C=O) groups is 1. The van der Waals surface area contributed by atoms with E-state index in [1.54, 1.807) is 0 Å². The lowest BCUT2D eigenvalue weighted by molar-refractivity contribution is -0.134. The maximum atomic E-state index is 12.3. The fourth-order valence-electron chi connectivity index (χ4n) is 2.84. The van der Waals surface area contributed by atoms with Crippen LogP contribution in [-0.2, 0) is 4.79 Å². The van der Waals surface area contributed by atoms with Gasteiger partial charge in [-0.25, -0.2) is 0 Å². The zero-order valence-corrected chi connectivity index (χ0v) is 12.9. The van der Waals surface area contributed by atoms with Gasteiger partial charge in [0.1, 0.15) is 0 Å². The standard InChI is InChI=1S/C15H31N3O/c1-4-5-17-6-8-18(9-7-17)15(19)11-14(12-16)10-13(2)3/h13-14H,4-12,16H2,1-3H3. The maximum Gasteiger partial charge on any atom is 0.222 e. The van der Waals surface area contributed by atoms with Crippen LogP contribution in [0.1, 0.15) is 40.0 Å². The molecule has 1 aliphatic heterocycles. The Morgan fingerprint density at radius 1 is 1.21 bits per heavy atom. The van der Waals surface area contributed by atoms with Crippen molar-refractivity contribution in [1.82, 2.24) is 9.80 Å². The Labute approximate surface area is 118 Å². The van der Waals surface area contributed by atoms with Gasteiger partial charge in [0.05, 0.1) is 0 Å². The second-order valence-corrected chi connectivity index (χ2v) is 6.16. The summed E-state index contributed by atoms with van der Waals surface area (Å²) < 4.78 is 0. The Hall–Kier alpha value is -0.610. The molecule has 0 radical (unpaired) electrons. The van der Waals surface area contributed by atoms with Gasteiger partial charge >= 0.3 is 0 Å². The van der Waals surface area contributed by atoms with Crippen LogP contribution in [0.3, 0.4) is 0 Å². The van der Waals surface area contributed by atoms with Crippen LogP contribution in [0.4, 0.5) is 0 Å². The summed E-state index contributed by atoms with van der Waals surface area (Å²) in [6.45, 7) is 12.2. The van der Waals surface area contributed by atoms with Gasteiger partial charge in [-0.3, -0.25) is 9.69 Å². The summed E-state index contributed by atoms with van der Waals surface area (Å²) in [5.74, 6) is 1.26. The molecular formula is C15H31N3O. The minimum Gasteiger partial charge on any atom is -0.340 e. The molecule has 4 nitrogen and oxygen atoms in total. The summed E-state index contributed by atoms with van der Waals surface area (Å²) in [5, 5.41) is 0. The molecule has 0 aromatic rings. The molecule has 4 heteroatoms. The first-order valence-corrected chi connectivity index (χ1v) is 7.77. The first-order chi connectivity index (χ1) is 9.06. The molecule has 1 rings (SSSR count). The fourth-order valence-corrected chi connectivity index (χ4v) is 2.84. The highest BCUT2D eigenvalue weighted by atomic mass is 16.2. The minimum atomic E-state index is 0.298. The van der Waals surface area contributed by atoms with Gasteiger partial charge in [0.25, 0.3) is 0 Å². The van der Waals surface area contributed by atoms with E-state index in [-0.39, 0.29) is 0 Å². The van der Waals surface area contributed by atoms with Gasteiger partial charge in [0, 0.05) is 32.6 Å². The lowest BCUT2D eigenvalue weighted by Crippen LogP contribution is -2.49. The van der Waals surface area contributed by atoms with Crippen molar-refractivity contribution in [3.63, 3.8) is 0 Å². The van der Waals surface area contributed by atoms with Gasteiger partial charge < -0.3 is 10.6 Å². The second kappa shape index (κ2) is 8.54. The van der Waals surface area contributed by atoms with Crippen LogP contribution >= 0.6 is 0 Å². The highest BCUT2D eigenvalue weighted by Gasteiger charge is 2.23.